The zero-order valence-corrected chi connectivity index (χ0v) is 21.5. The Morgan fingerprint density at radius 3 is 2.76 bits per heavy atom. The van der Waals surface area contributed by atoms with Crippen molar-refractivity contribution in [3.63, 3.8) is 0 Å². The minimum Gasteiger partial charge on any atom is -0.489 e. The van der Waals surface area contributed by atoms with E-state index in [4.69, 9.17) is 30.5 Å². The van der Waals surface area contributed by atoms with Crippen LogP contribution in [0.3, 0.4) is 0 Å². The van der Waals surface area contributed by atoms with Crippen molar-refractivity contribution in [3.05, 3.63) is 53.2 Å². The Bertz CT molecular complexity index is 1320. The van der Waals surface area contributed by atoms with Gasteiger partial charge in [0.15, 0.2) is 5.79 Å². The van der Waals surface area contributed by atoms with Gasteiger partial charge in [-0.05, 0) is 62.4 Å². The lowest BCUT2D eigenvalue weighted by atomic mass is 10.0. The van der Waals surface area contributed by atoms with Crippen LogP contribution in [0.25, 0.3) is 10.9 Å². The molecule has 2 aliphatic rings. The van der Waals surface area contributed by atoms with Crippen LogP contribution in [0.1, 0.15) is 38.7 Å². The Hall–Kier alpha value is -3.20. The molecule has 37 heavy (non-hydrogen) atoms. The highest BCUT2D eigenvalue weighted by Crippen LogP contribution is 2.37. The molecule has 194 valence electrons. The first-order valence-corrected chi connectivity index (χ1v) is 12.7. The third-order valence-electron chi connectivity index (χ3n) is 6.36. The molecule has 1 amide bonds. The van der Waals surface area contributed by atoms with Gasteiger partial charge in [-0.15, -0.1) is 0 Å². The van der Waals surface area contributed by atoms with E-state index in [9.17, 15) is 9.59 Å². The van der Waals surface area contributed by atoms with Crippen molar-refractivity contribution in [2.24, 2.45) is 5.92 Å². The summed E-state index contributed by atoms with van der Waals surface area (Å²) in [6.07, 6.45) is 5.24. The Kier molecular flexibility index (Phi) is 7.33. The van der Waals surface area contributed by atoms with Gasteiger partial charge in [0.05, 0.1) is 17.8 Å². The molecule has 3 aromatic rings. The van der Waals surface area contributed by atoms with Crippen molar-refractivity contribution in [1.82, 2.24) is 4.98 Å². The number of nitrogens with zero attached hydrogens (tertiary/aromatic N) is 1. The average molecular weight is 525 g/mol. The number of pyridine rings is 1. The van der Waals surface area contributed by atoms with Crippen LogP contribution < -0.4 is 14.8 Å². The van der Waals surface area contributed by atoms with Crippen LogP contribution in [0.2, 0.25) is 5.02 Å². The standard InChI is InChI=1S/C28H29ClN2O6/c1-28(2)35-15-21(37-28)14-34-27-13-24-22(12-25(27)31-16-32)26(7-8-30-24)36-20-6-5-18(23(29)11-20)10-19(33)9-17-3-4-17/h5-8,11-13,16-17,21H,3-4,9-10,14-15H2,1-2H3,(H,31,32)/t21-/m0/s1. The van der Waals surface area contributed by atoms with E-state index in [2.05, 4.69) is 10.3 Å². The lowest BCUT2D eigenvalue weighted by Gasteiger charge is -2.18. The number of aromatic nitrogens is 1. The minimum absolute atomic E-state index is 0.210. The number of hydrogen-bond acceptors (Lipinski definition) is 7. The van der Waals surface area contributed by atoms with E-state index in [1.165, 1.54) is 0 Å². The fourth-order valence-corrected chi connectivity index (χ4v) is 4.59. The quantitative estimate of drug-likeness (QED) is 0.322. The Morgan fingerprint density at radius 1 is 1.22 bits per heavy atom. The van der Waals surface area contributed by atoms with E-state index < -0.39 is 5.79 Å². The predicted octanol–water partition coefficient (Wildman–Crippen LogP) is 5.69. The molecule has 2 fully saturated rings. The normalized spacial score (nSPS) is 18.5. The van der Waals surface area contributed by atoms with Gasteiger partial charge >= 0.3 is 0 Å². The molecule has 8 nitrogen and oxygen atoms in total. The molecule has 1 aliphatic carbocycles. The summed E-state index contributed by atoms with van der Waals surface area (Å²) in [7, 11) is 0. The van der Waals surface area contributed by atoms with Gasteiger partial charge in [0, 0.05) is 35.5 Å². The SMILES string of the molecule is CC1(C)OC[C@H](COc2cc3nccc(Oc4ccc(CC(=O)CC5CC5)c(Cl)c4)c3cc2NC=O)O1. The van der Waals surface area contributed by atoms with Gasteiger partial charge in [0.2, 0.25) is 6.41 Å². The molecule has 2 aromatic carbocycles. The number of fused-ring (bicyclic) bond motifs is 1. The summed E-state index contributed by atoms with van der Waals surface area (Å²) >= 11 is 6.47. The first-order valence-electron chi connectivity index (χ1n) is 12.3. The molecule has 1 N–H and O–H groups in total. The third kappa shape index (κ3) is 6.39. The maximum Gasteiger partial charge on any atom is 0.211 e. The van der Waals surface area contributed by atoms with Crippen molar-refractivity contribution in [2.75, 3.05) is 18.5 Å². The Balaban J connectivity index is 1.34. The van der Waals surface area contributed by atoms with Gasteiger partial charge in [0.25, 0.3) is 0 Å². The van der Waals surface area contributed by atoms with E-state index in [0.29, 0.717) is 70.6 Å². The molecule has 1 saturated heterocycles. The summed E-state index contributed by atoms with van der Waals surface area (Å²) in [6.45, 7) is 4.38. The second-order valence-electron chi connectivity index (χ2n) is 9.92. The highest BCUT2D eigenvalue weighted by molar-refractivity contribution is 6.31. The number of benzene rings is 2. The molecule has 1 saturated carbocycles. The monoisotopic (exact) mass is 524 g/mol. The van der Waals surface area contributed by atoms with Crippen molar-refractivity contribution in [3.8, 4) is 17.2 Å². The van der Waals surface area contributed by atoms with Crippen LogP contribution in [0.15, 0.2) is 42.6 Å². The Morgan fingerprint density at radius 2 is 2.05 bits per heavy atom. The second-order valence-corrected chi connectivity index (χ2v) is 10.3. The van der Waals surface area contributed by atoms with Crippen molar-refractivity contribution < 1.29 is 28.5 Å². The minimum atomic E-state index is -0.650. The third-order valence-corrected chi connectivity index (χ3v) is 6.71. The number of carbonyl (C=O) groups excluding carboxylic acids is 2. The van der Waals surface area contributed by atoms with Crippen LogP contribution in [0.5, 0.6) is 17.2 Å². The molecule has 1 atom stereocenters. The summed E-state index contributed by atoms with van der Waals surface area (Å²) in [4.78, 5) is 28.0. The lowest BCUT2D eigenvalue weighted by molar-refractivity contribution is -0.141. The summed E-state index contributed by atoms with van der Waals surface area (Å²) < 4.78 is 23.5. The fraction of sp³-hybridized carbons (Fsp3) is 0.393. The predicted molar refractivity (Wildman–Crippen MR) is 139 cm³/mol. The van der Waals surface area contributed by atoms with E-state index in [0.717, 1.165) is 18.4 Å². The van der Waals surface area contributed by atoms with Gasteiger partial charge in [-0.2, -0.15) is 0 Å². The molecule has 0 unspecified atom stereocenters. The average Bonchev–Trinajstić information content (AvgIpc) is 3.60. The van der Waals surface area contributed by atoms with Crippen LogP contribution in [-0.2, 0) is 25.5 Å². The topological polar surface area (TPSA) is 96.0 Å². The number of Topliss-reactive ketones (excluding diaryl/α,β-unsaturated/α-hetero) is 1. The van der Waals surface area contributed by atoms with Crippen LogP contribution in [0.4, 0.5) is 5.69 Å². The zero-order valence-electron chi connectivity index (χ0n) is 20.8. The number of anilines is 1. The smallest absolute Gasteiger partial charge is 0.211 e. The summed E-state index contributed by atoms with van der Waals surface area (Å²) in [5.74, 6) is 1.64. The summed E-state index contributed by atoms with van der Waals surface area (Å²) in [6, 6.07) is 10.6. The number of rotatable bonds is 11. The van der Waals surface area contributed by atoms with Crippen molar-refractivity contribution in [1.29, 1.82) is 0 Å². The molecule has 0 bridgehead atoms. The molecule has 0 radical (unpaired) electrons. The van der Waals surface area contributed by atoms with Gasteiger partial charge < -0.3 is 24.3 Å². The number of halogens is 1. The number of amides is 1. The highest BCUT2D eigenvalue weighted by atomic mass is 35.5. The van der Waals surface area contributed by atoms with Crippen molar-refractivity contribution in [2.45, 2.75) is 51.4 Å². The van der Waals surface area contributed by atoms with Gasteiger partial charge in [-0.3, -0.25) is 14.6 Å². The van der Waals surface area contributed by atoms with Gasteiger partial charge in [0.1, 0.15) is 35.7 Å². The molecule has 9 heteroatoms. The number of ether oxygens (including phenoxy) is 4. The summed E-state index contributed by atoms with van der Waals surface area (Å²) in [5, 5.41) is 3.86. The second kappa shape index (κ2) is 10.7. The number of ketones is 1. The number of carbonyl (C=O) groups is 2. The zero-order chi connectivity index (χ0) is 26.0. The fourth-order valence-electron chi connectivity index (χ4n) is 4.35. The first-order chi connectivity index (χ1) is 17.8. The molecule has 5 rings (SSSR count). The maximum atomic E-state index is 12.2. The van der Waals surface area contributed by atoms with E-state index in [1.807, 2.05) is 19.9 Å². The van der Waals surface area contributed by atoms with E-state index >= 15 is 0 Å². The van der Waals surface area contributed by atoms with Crippen LogP contribution in [0, 0.1) is 5.92 Å². The molecule has 1 aromatic heterocycles. The van der Waals surface area contributed by atoms with Crippen LogP contribution >= 0.6 is 11.6 Å². The molecular formula is C28H29ClN2O6. The Labute approximate surface area is 220 Å². The first kappa shape index (κ1) is 25.4. The number of hydrogen-bond donors (Lipinski definition) is 1. The molecule has 1 aliphatic heterocycles. The van der Waals surface area contributed by atoms with Crippen molar-refractivity contribution >= 4 is 40.4 Å². The maximum absolute atomic E-state index is 12.2. The van der Waals surface area contributed by atoms with Gasteiger partial charge in [-0.25, -0.2) is 0 Å². The summed E-state index contributed by atoms with van der Waals surface area (Å²) in [5.41, 5.74) is 1.89. The largest absolute Gasteiger partial charge is 0.489 e. The van der Waals surface area contributed by atoms with E-state index in [1.54, 1.807) is 36.5 Å². The molecular weight excluding hydrogens is 496 g/mol. The number of nitrogens with one attached hydrogen (secondary N) is 1. The molecule has 0 spiro atoms. The van der Waals surface area contributed by atoms with Crippen LogP contribution in [-0.4, -0.2) is 42.3 Å². The molecule has 2 heterocycles. The van der Waals surface area contributed by atoms with E-state index in [-0.39, 0.29) is 18.5 Å². The van der Waals surface area contributed by atoms with Gasteiger partial charge in [-0.1, -0.05) is 17.7 Å². The highest BCUT2D eigenvalue weighted by Gasteiger charge is 2.33. The lowest BCUT2D eigenvalue weighted by Crippen LogP contribution is -2.25.